The van der Waals surface area contributed by atoms with Crippen LogP contribution in [0.5, 0.6) is 0 Å². The topological polar surface area (TPSA) is 54.1 Å². The van der Waals surface area contributed by atoms with Gasteiger partial charge in [-0.25, -0.2) is 4.79 Å². The van der Waals surface area contributed by atoms with Crippen LogP contribution in [-0.4, -0.2) is 16.1 Å². The lowest BCUT2D eigenvalue weighted by Crippen LogP contribution is -2.37. The van der Waals surface area contributed by atoms with Crippen LogP contribution in [0, 0.1) is 20.8 Å². The van der Waals surface area contributed by atoms with Crippen molar-refractivity contribution in [1.29, 1.82) is 0 Å². The quantitative estimate of drug-likeness (QED) is 0.820. The highest BCUT2D eigenvalue weighted by Gasteiger charge is 2.19. The fraction of sp³-hybridized carbons (Fsp3) is 0.214. The molecule has 0 unspecified atom stereocenters. The lowest BCUT2D eigenvalue weighted by Gasteiger charge is -2.10. The third-order valence-electron chi connectivity index (χ3n) is 3.26. The van der Waals surface area contributed by atoms with Crippen LogP contribution in [0.1, 0.15) is 27.2 Å². The first kappa shape index (κ1) is 12.2. The molecule has 0 aliphatic heterocycles. The standard InChI is InChI=1S/C14H14N2O2/c1-9-10(2)12(14(17)18)8-16(11(9)3)13-6-4-5-7-15-13/h4-8H,1-3H3/p+1. The average molecular weight is 243 g/mol. The first-order valence-electron chi connectivity index (χ1n) is 5.69. The second-order valence-corrected chi connectivity index (χ2v) is 4.24. The van der Waals surface area contributed by atoms with Crippen LogP contribution in [0.25, 0.3) is 5.82 Å². The number of nitrogens with zero attached hydrogens (tertiary/aromatic N) is 2. The molecule has 0 fully saturated rings. The van der Waals surface area contributed by atoms with Crippen molar-refractivity contribution in [3.63, 3.8) is 0 Å². The van der Waals surface area contributed by atoms with E-state index in [4.69, 9.17) is 0 Å². The minimum absolute atomic E-state index is 0.309. The number of carboxylic acids is 1. The number of aromatic carboxylic acids is 1. The van der Waals surface area contributed by atoms with Gasteiger partial charge >= 0.3 is 11.8 Å². The number of aromatic nitrogens is 2. The average Bonchev–Trinajstić information content (AvgIpc) is 2.37. The Morgan fingerprint density at radius 2 is 1.94 bits per heavy atom. The van der Waals surface area contributed by atoms with Crippen LogP contribution in [-0.2, 0) is 0 Å². The lowest BCUT2D eigenvalue weighted by molar-refractivity contribution is -0.607. The molecule has 0 aliphatic rings. The molecule has 2 aromatic rings. The van der Waals surface area contributed by atoms with Crippen molar-refractivity contribution in [2.75, 3.05) is 0 Å². The minimum Gasteiger partial charge on any atom is -0.478 e. The van der Waals surface area contributed by atoms with E-state index in [9.17, 15) is 9.90 Å². The van der Waals surface area contributed by atoms with E-state index in [2.05, 4.69) is 4.98 Å². The van der Waals surface area contributed by atoms with Crippen molar-refractivity contribution in [2.45, 2.75) is 20.8 Å². The van der Waals surface area contributed by atoms with Gasteiger partial charge in [-0.05, 0) is 42.9 Å². The second kappa shape index (κ2) is 4.56. The molecule has 0 radical (unpaired) electrons. The molecule has 0 spiro atoms. The van der Waals surface area contributed by atoms with E-state index < -0.39 is 5.97 Å². The van der Waals surface area contributed by atoms with Gasteiger partial charge in [0.15, 0.2) is 0 Å². The van der Waals surface area contributed by atoms with Crippen LogP contribution in [0.4, 0.5) is 0 Å². The zero-order valence-electron chi connectivity index (χ0n) is 10.6. The molecular formula is C14H15N2O2+. The highest BCUT2D eigenvalue weighted by atomic mass is 16.4. The predicted molar refractivity (Wildman–Crippen MR) is 66.9 cm³/mol. The van der Waals surface area contributed by atoms with Crippen LogP contribution in [0.15, 0.2) is 30.6 Å². The van der Waals surface area contributed by atoms with Crippen LogP contribution >= 0.6 is 0 Å². The zero-order chi connectivity index (χ0) is 13.3. The summed E-state index contributed by atoms with van der Waals surface area (Å²) in [7, 11) is 0. The van der Waals surface area contributed by atoms with Gasteiger partial charge in [-0.3, -0.25) is 0 Å². The van der Waals surface area contributed by atoms with Crippen molar-refractivity contribution in [1.82, 2.24) is 4.98 Å². The fourth-order valence-electron chi connectivity index (χ4n) is 1.93. The largest absolute Gasteiger partial charge is 0.478 e. The van der Waals surface area contributed by atoms with Gasteiger partial charge in [-0.1, -0.05) is 6.07 Å². The molecule has 0 aromatic carbocycles. The Labute approximate surface area is 106 Å². The minimum atomic E-state index is -0.916. The van der Waals surface area contributed by atoms with Crippen molar-refractivity contribution >= 4 is 5.97 Å². The van der Waals surface area contributed by atoms with E-state index in [1.165, 1.54) is 0 Å². The maximum Gasteiger partial charge on any atom is 0.339 e. The third-order valence-corrected chi connectivity index (χ3v) is 3.26. The number of carboxylic acid groups (broad SMARTS) is 1. The Balaban J connectivity index is 2.73. The number of hydrogen-bond acceptors (Lipinski definition) is 2. The molecule has 2 rings (SSSR count). The molecule has 0 bridgehead atoms. The van der Waals surface area contributed by atoms with E-state index in [1.54, 1.807) is 12.4 Å². The molecule has 2 heterocycles. The zero-order valence-corrected chi connectivity index (χ0v) is 10.6. The number of pyridine rings is 2. The summed E-state index contributed by atoms with van der Waals surface area (Å²) in [6.45, 7) is 5.72. The van der Waals surface area contributed by atoms with Crippen LogP contribution in [0.2, 0.25) is 0 Å². The number of hydrogen-bond donors (Lipinski definition) is 1. The van der Waals surface area contributed by atoms with Crippen molar-refractivity contribution < 1.29 is 14.5 Å². The van der Waals surface area contributed by atoms with Gasteiger partial charge in [0.1, 0.15) is 23.7 Å². The molecule has 1 N–H and O–H groups in total. The van der Waals surface area contributed by atoms with Gasteiger partial charge in [-0.15, -0.1) is 0 Å². The molecule has 4 nitrogen and oxygen atoms in total. The third kappa shape index (κ3) is 1.97. The summed E-state index contributed by atoms with van der Waals surface area (Å²) in [5, 5.41) is 9.22. The van der Waals surface area contributed by atoms with Gasteiger partial charge in [-0.2, -0.15) is 4.57 Å². The SMILES string of the molecule is Cc1c(C(=O)O)c[n+](-c2ccccn2)c(C)c1C. The van der Waals surface area contributed by atoms with Gasteiger partial charge in [0.05, 0.1) is 0 Å². The normalized spacial score (nSPS) is 10.4. The van der Waals surface area contributed by atoms with E-state index in [-0.39, 0.29) is 0 Å². The highest BCUT2D eigenvalue weighted by Crippen LogP contribution is 2.14. The van der Waals surface area contributed by atoms with Crippen molar-refractivity contribution in [3.8, 4) is 5.82 Å². The molecule has 0 atom stereocenters. The molecule has 18 heavy (non-hydrogen) atoms. The lowest BCUT2D eigenvalue weighted by atomic mass is 10.0. The summed E-state index contributed by atoms with van der Waals surface area (Å²) in [5.41, 5.74) is 3.08. The Kier molecular flexibility index (Phi) is 3.10. The summed E-state index contributed by atoms with van der Waals surface area (Å²) < 4.78 is 1.81. The summed E-state index contributed by atoms with van der Waals surface area (Å²) >= 11 is 0. The van der Waals surface area contributed by atoms with E-state index >= 15 is 0 Å². The molecule has 92 valence electrons. The van der Waals surface area contributed by atoms with E-state index in [0.29, 0.717) is 5.56 Å². The number of rotatable bonds is 2. The highest BCUT2D eigenvalue weighted by molar-refractivity contribution is 5.89. The van der Waals surface area contributed by atoms with Gasteiger partial charge < -0.3 is 5.11 Å². The Morgan fingerprint density at radius 3 is 2.50 bits per heavy atom. The van der Waals surface area contributed by atoms with Gasteiger partial charge in [0, 0.05) is 6.07 Å². The van der Waals surface area contributed by atoms with Crippen molar-refractivity contribution in [3.05, 3.63) is 53.0 Å². The summed E-state index contributed by atoms with van der Waals surface area (Å²) in [6, 6.07) is 5.57. The van der Waals surface area contributed by atoms with Gasteiger partial charge in [0.25, 0.3) is 0 Å². The Hall–Kier alpha value is -2.23. The molecule has 0 aliphatic carbocycles. The maximum atomic E-state index is 11.2. The summed E-state index contributed by atoms with van der Waals surface area (Å²) in [6.07, 6.45) is 3.32. The van der Waals surface area contributed by atoms with Crippen molar-refractivity contribution in [2.24, 2.45) is 0 Å². The first-order chi connectivity index (χ1) is 8.52. The van der Waals surface area contributed by atoms with Crippen LogP contribution < -0.4 is 4.57 Å². The summed E-state index contributed by atoms with van der Waals surface area (Å²) in [5.74, 6) is -0.194. The van der Waals surface area contributed by atoms with E-state index in [0.717, 1.165) is 22.6 Å². The van der Waals surface area contributed by atoms with Gasteiger partial charge in [0.2, 0.25) is 0 Å². The van der Waals surface area contributed by atoms with E-state index in [1.807, 2.05) is 43.5 Å². The molecule has 2 aromatic heterocycles. The second-order valence-electron chi connectivity index (χ2n) is 4.24. The Morgan fingerprint density at radius 1 is 1.22 bits per heavy atom. The Bertz CT molecular complexity index is 607. The molecule has 4 heteroatoms. The maximum absolute atomic E-state index is 11.2. The molecule has 0 saturated heterocycles. The number of carbonyl (C=O) groups is 1. The fourth-order valence-corrected chi connectivity index (χ4v) is 1.93. The van der Waals surface area contributed by atoms with Crippen LogP contribution in [0.3, 0.4) is 0 Å². The summed E-state index contributed by atoms with van der Waals surface area (Å²) in [4.78, 5) is 15.5. The first-order valence-corrected chi connectivity index (χ1v) is 5.69. The predicted octanol–water partition coefficient (Wildman–Crippen LogP) is 1.98. The monoisotopic (exact) mass is 243 g/mol. The molecule has 0 amide bonds. The molecular weight excluding hydrogens is 228 g/mol. The smallest absolute Gasteiger partial charge is 0.339 e. The molecule has 0 saturated carbocycles.